The molecule has 0 saturated heterocycles. The highest BCUT2D eigenvalue weighted by Crippen LogP contribution is 2.25. The zero-order chi connectivity index (χ0) is 16.8. The lowest BCUT2D eigenvalue weighted by molar-refractivity contribution is 0.552. The number of aliphatic imine (C=N–C) groups is 1. The predicted octanol–water partition coefficient (Wildman–Crippen LogP) is 4.38. The second-order valence-electron chi connectivity index (χ2n) is 5.87. The highest BCUT2D eigenvalue weighted by molar-refractivity contribution is 5.64. The fraction of sp³-hybridized carbons (Fsp3) is 0.300. The molecule has 0 spiro atoms. The van der Waals surface area contributed by atoms with Crippen LogP contribution in [0.25, 0.3) is 0 Å². The molecule has 118 valence electrons. The van der Waals surface area contributed by atoms with Crippen molar-refractivity contribution in [2.24, 2.45) is 4.99 Å². The highest BCUT2D eigenvalue weighted by Gasteiger charge is 2.06. The van der Waals surface area contributed by atoms with Crippen molar-refractivity contribution in [1.82, 2.24) is 4.90 Å². The Morgan fingerprint density at radius 2 is 1.96 bits per heavy atom. The Morgan fingerprint density at radius 1 is 1.17 bits per heavy atom. The second kappa shape index (κ2) is 7.60. The van der Waals surface area contributed by atoms with Gasteiger partial charge in [0.25, 0.3) is 0 Å². The van der Waals surface area contributed by atoms with Crippen molar-refractivity contribution in [3.05, 3.63) is 64.2 Å². The Hall–Kier alpha value is -2.60. The van der Waals surface area contributed by atoms with E-state index in [2.05, 4.69) is 54.9 Å². The summed E-state index contributed by atoms with van der Waals surface area (Å²) in [5, 5.41) is 9.02. The van der Waals surface area contributed by atoms with Gasteiger partial charge in [-0.3, -0.25) is 0 Å². The molecule has 0 atom stereocenters. The van der Waals surface area contributed by atoms with Gasteiger partial charge in [-0.15, -0.1) is 0 Å². The summed E-state index contributed by atoms with van der Waals surface area (Å²) in [6.07, 6.45) is 2.71. The van der Waals surface area contributed by atoms with Gasteiger partial charge in [-0.25, -0.2) is 4.99 Å². The maximum absolute atomic E-state index is 9.02. The quantitative estimate of drug-likeness (QED) is 0.607. The zero-order valence-corrected chi connectivity index (χ0v) is 14.3. The van der Waals surface area contributed by atoms with Crippen LogP contribution in [0.1, 0.15) is 34.7 Å². The number of benzene rings is 2. The maximum atomic E-state index is 9.02. The summed E-state index contributed by atoms with van der Waals surface area (Å²) >= 11 is 0. The van der Waals surface area contributed by atoms with E-state index in [1.165, 1.54) is 16.7 Å². The van der Waals surface area contributed by atoms with Crippen LogP contribution >= 0.6 is 0 Å². The average molecular weight is 305 g/mol. The molecular formula is C20H23N3. The van der Waals surface area contributed by atoms with Crippen molar-refractivity contribution < 1.29 is 0 Å². The van der Waals surface area contributed by atoms with E-state index in [0.717, 1.165) is 24.2 Å². The molecule has 0 aliphatic carbocycles. The lowest BCUT2D eigenvalue weighted by Crippen LogP contribution is -2.14. The topological polar surface area (TPSA) is 39.4 Å². The van der Waals surface area contributed by atoms with Crippen molar-refractivity contribution in [2.75, 3.05) is 13.6 Å². The third kappa shape index (κ3) is 4.43. The maximum Gasteiger partial charge on any atom is 0.0991 e. The number of hydrogen-bond acceptors (Lipinski definition) is 2. The van der Waals surface area contributed by atoms with E-state index >= 15 is 0 Å². The van der Waals surface area contributed by atoms with Gasteiger partial charge in [-0.2, -0.15) is 5.26 Å². The van der Waals surface area contributed by atoms with Gasteiger partial charge in [-0.05, 0) is 67.6 Å². The first-order valence-electron chi connectivity index (χ1n) is 7.87. The molecule has 0 N–H and O–H groups in total. The number of rotatable bonds is 5. The van der Waals surface area contributed by atoms with Gasteiger partial charge >= 0.3 is 0 Å². The molecular weight excluding hydrogens is 282 g/mol. The molecule has 0 aliphatic heterocycles. The Kier molecular flexibility index (Phi) is 5.54. The van der Waals surface area contributed by atoms with Crippen molar-refractivity contribution in [3.8, 4) is 6.07 Å². The van der Waals surface area contributed by atoms with Gasteiger partial charge in [0.1, 0.15) is 0 Å². The predicted molar refractivity (Wildman–Crippen MR) is 96.3 cm³/mol. The molecule has 0 radical (unpaired) electrons. The minimum absolute atomic E-state index is 0.709. The van der Waals surface area contributed by atoms with Gasteiger partial charge in [0.05, 0.1) is 23.7 Å². The molecule has 3 nitrogen and oxygen atoms in total. The number of nitriles is 1. The molecule has 0 bridgehead atoms. The summed E-state index contributed by atoms with van der Waals surface area (Å²) in [6, 6.07) is 14.3. The lowest BCUT2D eigenvalue weighted by Gasteiger charge is -2.12. The van der Waals surface area contributed by atoms with Crippen molar-refractivity contribution >= 4 is 12.0 Å². The zero-order valence-electron chi connectivity index (χ0n) is 14.3. The SMILES string of the molecule is CCN(C)C=Nc1cc(C)c(Cc2cccc(C#N)c2)cc1C. The van der Waals surface area contributed by atoms with Crippen LogP contribution in [0.5, 0.6) is 0 Å². The van der Waals surface area contributed by atoms with Gasteiger partial charge in [-0.1, -0.05) is 18.2 Å². The second-order valence-corrected chi connectivity index (χ2v) is 5.87. The molecule has 2 rings (SSSR count). The molecule has 3 heteroatoms. The molecule has 0 aromatic heterocycles. The summed E-state index contributed by atoms with van der Waals surface area (Å²) in [4.78, 5) is 6.62. The summed E-state index contributed by atoms with van der Waals surface area (Å²) in [5.41, 5.74) is 6.55. The largest absolute Gasteiger partial charge is 0.366 e. The molecule has 0 amide bonds. The van der Waals surface area contributed by atoms with Crippen LogP contribution in [0.2, 0.25) is 0 Å². The Morgan fingerprint density at radius 3 is 2.65 bits per heavy atom. The average Bonchev–Trinajstić information content (AvgIpc) is 2.56. The summed E-state index contributed by atoms with van der Waals surface area (Å²) in [6.45, 7) is 7.25. The fourth-order valence-electron chi connectivity index (χ4n) is 2.40. The summed E-state index contributed by atoms with van der Waals surface area (Å²) in [5.74, 6) is 0. The Bertz CT molecular complexity index is 754. The van der Waals surface area contributed by atoms with E-state index in [9.17, 15) is 0 Å². The van der Waals surface area contributed by atoms with Crippen LogP contribution < -0.4 is 0 Å². The molecule has 0 saturated carbocycles. The van der Waals surface area contributed by atoms with Crippen LogP contribution in [0.3, 0.4) is 0 Å². The number of nitrogens with zero attached hydrogens (tertiary/aromatic N) is 3. The highest BCUT2D eigenvalue weighted by atomic mass is 15.1. The van der Waals surface area contributed by atoms with E-state index in [1.54, 1.807) is 0 Å². The normalized spacial score (nSPS) is 10.7. The first-order valence-corrected chi connectivity index (χ1v) is 7.87. The molecule has 2 aromatic carbocycles. The molecule has 0 fully saturated rings. The van der Waals surface area contributed by atoms with E-state index in [4.69, 9.17) is 5.26 Å². The van der Waals surface area contributed by atoms with E-state index in [-0.39, 0.29) is 0 Å². The standard InChI is InChI=1S/C20H23N3/c1-5-23(4)14-22-20-10-15(2)19(9-16(20)3)12-17-7-6-8-18(11-17)13-21/h6-11,14H,5,12H2,1-4H3. The Labute approximate surface area is 138 Å². The first-order chi connectivity index (χ1) is 11.0. The molecule has 2 aromatic rings. The van der Waals surface area contributed by atoms with E-state index in [0.29, 0.717) is 5.56 Å². The van der Waals surface area contributed by atoms with E-state index in [1.807, 2.05) is 31.6 Å². The molecule has 0 aliphatic rings. The Balaban J connectivity index is 2.26. The lowest BCUT2D eigenvalue weighted by atomic mass is 9.97. The van der Waals surface area contributed by atoms with Crippen LogP contribution in [0.15, 0.2) is 41.4 Å². The minimum atomic E-state index is 0.709. The fourth-order valence-corrected chi connectivity index (χ4v) is 2.40. The van der Waals surface area contributed by atoms with Gasteiger partial charge in [0, 0.05) is 13.6 Å². The van der Waals surface area contributed by atoms with Crippen LogP contribution in [0.4, 0.5) is 5.69 Å². The van der Waals surface area contributed by atoms with Crippen LogP contribution in [-0.4, -0.2) is 24.8 Å². The third-order valence-electron chi connectivity index (χ3n) is 4.00. The molecule has 0 unspecified atom stereocenters. The van der Waals surface area contributed by atoms with E-state index < -0.39 is 0 Å². The van der Waals surface area contributed by atoms with Crippen molar-refractivity contribution in [2.45, 2.75) is 27.2 Å². The molecule has 0 heterocycles. The van der Waals surface area contributed by atoms with Crippen molar-refractivity contribution in [1.29, 1.82) is 5.26 Å². The molecule has 23 heavy (non-hydrogen) atoms. The first kappa shape index (κ1) is 16.8. The minimum Gasteiger partial charge on any atom is -0.366 e. The van der Waals surface area contributed by atoms with Crippen molar-refractivity contribution in [3.63, 3.8) is 0 Å². The van der Waals surface area contributed by atoms with Gasteiger partial charge in [0.15, 0.2) is 0 Å². The van der Waals surface area contributed by atoms with Crippen LogP contribution in [-0.2, 0) is 6.42 Å². The van der Waals surface area contributed by atoms with Crippen LogP contribution in [0, 0.1) is 25.2 Å². The monoisotopic (exact) mass is 305 g/mol. The number of hydrogen-bond donors (Lipinski definition) is 0. The third-order valence-corrected chi connectivity index (χ3v) is 4.00. The smallest absolute Gasteiger partial charge is 0.0991 e. The summed E-state index contributed by atoms with van der Waals surface area (Å²) < 4.78 is 0. The van der Waals surface area contributed by atoms with Gasteiger partial charge in [0.2, 0.25) is 0 Å². The summed E-state index contributed by atoms with van der Waals surface area (Å²) in [7, 11) is 2.02. The van der Waals surface area contributed by atoms with Gasteiger partial charge < -0.3 is 4.90 Å². The number of aryl methyl sites for hydroxylation is 2.